The van der Waals surface area contributed by atoms with Crippen LogP contribution in [0.15, 0.2) is 76.9 Å². The summed E-state index contributed by atoms with van der Waals surface area (Å²) in [5.74, 6) is 0.0772. The van der Waals surface area contributed by atoms with Crippen LogP contribution in [0.25, 0.3) is 5.70 Å². The topological polar surface area (TPSA) is 63.7 Å². The molecule has 0 saturated carbocycles. The highest BCUT2D eigenvalue weighted by molar-refractivity contribution is 7.89. The van der Waals surface area contributed by atoms with E-state index in [-0.39, 0.29) is 22.5 Å². The van der Waals surface area contributed by atoms with Crippen LogP contribution in [0.2, 0.25) is 0 Å². The number of nitrogens with zero attached hydrogens (tertiary/aromatic N) is 1. The van der Waals surface area contributed by atoms with Gasteiger partial charge >= 0.3 is 5.97 Å². The molecule has 1 aliphatic rings. The van der Waals surface area contributed by atoms with Gasteiger partial charge in [-0.1, -0.05) is 75.7 Å². The van der Waals surface area contributed by atoms with E-state index in [0.717, 1.165) is 11.1 Å². The van der Waals surface area contributed by atoms with Crippen molar-refractivity contribution in [1.29, 1.82) is 0 Å². The second-order valence-corrected chi connectivity index (χ2v) is 11.0. The molecule has 2 aromatic carbocycles. The van der Waals surface area contributed by atoms with Crippen LogP contribution in [0.5, 0.6) is 0 Å². The van der Waals surface area contributed by atoms with Crippen LogP contribution in [0.3, 0.4) is 0 Å². The quantitative estimate of drug-likeness (QED) is 0.474. The van der Waals surface area contributed by atoms with E-state index in [4.69, 9.17) is 4.74 Å². The first-order valence-corrected chi connectivity index (χ1v) is 12.8. The Morgan fingerprint density at radius 2 is 1.61 bits per heavy atom. The Labute approximate surface area is 197 Å². The number of aryl methyl sites for hydroxylation is 1. The van der Waals surface area contributed by atoms with Crippen molar-refractivity contribution in [1.82, 2.24) is 4.31 Å². The summed E-state index contributed by atoms with van der Waals surface area (Å²) in [4.78, 5) is 12.2. The molecule has 1 heterocycles. The second-order valence-electron chi connectivity index (χ2n) is 9.23. The second kappa shape index (κ2) is 9.96. The molecule has 0 amide bonds. The Morgan fingerprint density at radius 1 is 1.00 bits per heavy atom. The van der Waals surface area contributed by atoms with E-state index in [1.54, 1.807) is 24.3 Å². The molecule has 5 nitrogen and oxygen atoms in total. The molecule has 0 aliphatic carbocycles. The fourth-order valence-corrected chi connectivity index (χ4v) is 5.84. The maximum absolute atomic E-state index is 14.2. The molecule has 33 heavy (non-hydrogen) atoms. The number of ether oxygens (including phenoxy) is 1. The molecule has 0 saturated heterocycles. The first-order valence-electron chi connectivity index (χ1n) is 11.3. The summed E-state index contributed by atoms with van der Waals surface area (Å²) < 4.78 is 35.5. The minimum atomic E-state index is -3.96. The van der Waals surface area contributed by atoms with Crippen molar-refractivity contribution in [2.45, 2.75) is 58.9 Å². The molecule has 0 radical (unpaired) electrons. The lowest BCUT2D eigenvalue weighted by Gasteiger charge is -2.41. The van der Waals surface area contributed by atoms with Crippen LogP contribution in [-0.4, -0.2) is 24.7 Å². The van der Waals surface area contributed by atoms with Gasteiger partial charge in [0.05, 0.1) is 10.9 Å². The Hall–Kier alpha value is -2.86. The van der Waals surface area contributed by atoms with Gasteiger partial charge in [-0.2, -0.15) is 0 Å². The van der Waals surface area contributed by atoms with Crippen LogP contribution in [0, 0.1) is 18.8 Å². The predicted molar refractivity (Wildman–Crippen MR) is 131 cm³/mol. The zero-order valence-corrected chi connectivity index (χ0v) is 21.0. The molecule has 0 bridgehead atoms. The van der Waals surface area contributed by atoms with Gasteiger partial charge in [0.15, 0.2) is 5.76 Å². The average Bonchev–Trinajstić information content (AvgIpc) is 2.74. The molecular formula is C27H33NO4S. The van der Waals surface area contributed by atoms with E-state index in [2.05, 4.69) is 13.8 Å². The number of benzene rings is 2. The highest BCUT2D eigenvalue weighted by Gasteiger charge is 2.41. The lowest BCUT2D eigenvalue weighted by Crippen LogP contribution is -2.44. The van der Waals surface area contributed by atoms with Crippen molar-refractivity contribution in [2.24, 2.45) is 11.8 Å². The molecule has 2 aromatic rings. The van der Waals surface area contributed by atoms with Gasteiger partial charge in [0.2, 0.25) is 0 Å². The van der Waals surface area contributed by atoms with Crippen LogP contribution >= 0.6 is 0 Å². The summed E-state index contributed by atoms with van der Waals surface area (Å²) in [6.45, 7) is 11.5. The monoisotopic (exact) mass is 467 g/mol. The third-order valence-electron chi connectivity index (χ3n) is 5.66. The van der Waals surface area contributed by atoms with E-state index in [9.17, 15) is 13.2 Å². The van der Waals surface area contributed by atoms with Gasteiger partial charge in [0.25, 0.3) is 10.0 Å². The highest BCUT2D eigenvalue weighted by atomic mass is 32.2. The zero-order chi connectivity index (χ0) is 24.3. The van der Waals surface area contributed by atoms with Crippen LogP contribution in [0.1, 0.15) is 52.2 Å². The molecule has 0 unspecified atom stereocenters. The van der Waals surface area contributed by atoms with E-state index < -0.39 is 22.0 Å². The van der Waals surface area contributed by atoms with Gasteiger partial charge in [-0.05, 0) is 49.0 Å². The molecule has 0 spiro atoms. The summed E-state index contributed by atoms with van der Waals surface area (Å²) in [5, 5.41) is 0. The SMILES string of the molecule is CC(=O)OC1=C(c2ccccc2)N(S(=O)(=O)c2ccc(C)cc2)[C@H](CC(C)C)C(C(C)C)=C1. The van der Waals surface area contributed by atoms with Crippen molar-refractivity contribution in [2.75, 3.05) is 0 Å². The molecular weight excluding hydrogens is 434 g/mol. The Kier molecular flexibility index (Phi) is 7.48. The van der Waals surface area contributed by atoms with Gasteiger partial charge in [-0.3, -0.25) is 9.10 Å². The van der Waals surface area contributed by atoms with E-state index >= 15 is 0 Å². The maximum Gasteiger partial charge on any atom is 0.308 e. The molecule has 0 fully saturated rings. The Bertz CT molecular complexity index is 1160. The highest BCUT2D eigenvalue weighted by Crippen LogP contribution is 2.42. The molecule has 0 aromatic heterocycles. The number of hydrogen-bond donors (Lipinski definition) is 0. The summed E-state index contributed by atoms with van der Waals surface area (Å²) >= 11 is 0. The molecule has 3 rings (SSSR count). The van der Waals surface area contributed by atoms with Crippen molar-refractivity contribution in [3.8, 4) is 0 Å². The van der Waals surface area contributed by atoms with E-state index in [1.807, 2.05) is 57.2 Å². The third kappa shape index (κ3) is 5.38. The minimum absolute atomic E-state index is 0.0624. The summed E-state index contributed by atoms with van der Waals surface area (Å²) in [6, 6.07) is 15.7. The zero-order valence-electron chi connectivity index (χ0n) is 20.2. The Morgan fingerprint density at radius 3 is 2.12 bits per heavy atom. The Balaban J connectivity index is 2.37. The number of carbonyl (C=O) groups is 1. The third-order valence-corrected chi connectivity index (χ3v) is 7.48. The maximum atomic E-state index is 14.2. The van der Waals surface area contributed by atoms with Crippen molar-refractivity contribution >= 4 is 21.7 Å². The van der Waals surface area contributed by atoms with Gasteiger partial charge in [-0.25, -0.2) is 8.42 Å². The number of esters is 1. The van der Waals surface area contributed by atoms with E-state index in [1.165, 1.54) is 11.2 Å². The van der Waals surface area contributed by atoms with Crippen molar-refractivity contribution in [3.05, 3.63) is 83.1 Å². The largest absolute Gasteiger partial charge is 0.424 e. The standard InChI is InChI=1S/C27H33NO4S/c1-18(2)16-25-24(19(3)4)17-26(32-21(6)29)27(22-10-8-7-9-11-22)28(25)33(30,31)23-14-12-20(5)13-15-23/h7-15,17-19,25H,16H2,1-6H3/t25-/m1/s1. The number of hydrogen-bond acceptors (Lipinski definition) is 4. The normalized spacial score (nSPS) is 16.9. The van der Waals surface area contributed by atoms with Crippen LogP contribution in [-0.2, 0) is 19.6 Å². The predicted octanol–water partition coefficient (Wildman–Crippen LogP) is 5.93. The smallest absolute Gasteiger partial charge is 0.308 e. The number of sulfonamides is 1. The fourth-order valence-electron chi connectivity index (χ4n) is 4.16. The lowest BCUT2D eigenvalue weighted by atomic mass is 9.86. The first kappa shape index (κ1) is 24.8. The van der Waals surface area contributed by atoms with Crippen molar-refractivity contribution in [3.63, 3.8) is 0 Å². The van der Waals surface area contributed by atoms with Crippen LogP contribution in [0.4, 0.5) is 0 Å². The fraction of sp³-hybridized carbons (Fsp3) is 0.370. The summed E-state index contributed by atoms with van der Waals surface area (Å²) in [7, 11) is -3.96. The van der Waals surface area contributed by atoms with Crippen LogP contribution < -0.4 is 0 Å². The van der Waals surface area contributed by atoms with E-state index in [0.29, 0.717) is 17.7 Å². The van der Waals surface area contributed by atoms with Gasteiger partial charge in [0, 0.05) is 12.5 Å². The molecule has 6 heteroatoms. The first-order chi connectivity index (χ1) is 15.5. The molecule has 0 N–H and O–H groups in total. The summed E-state index contributed by atoms with van der Waals surface area (Å²) in [6.07, 6.45) is 2.50. The molecule has 176 valence electrons. The summed E-state index contributed by atoms with van der Waals surface area (Å²) in [5.41, 5.74) is 2.97. The van der Waals surface area contributed by atoms with Crippen molar-refractivity contribution < 1.29 is 17.9 Å². The number of carbonyl (C=O) groups excluding carboxylic acids is 1. The lowest BCUT2D eigenvalue weighted by molar-refractivity contribution is -0.136. The van der Waals surface area contributed by atoms with Gasteiger partial charge in [-0.15, -0.1) is 0 Å². The van der Waals surface area contributed by atoms with Gasteiger partial charge in [0.1, 0.15) is 5.70 Å². The number of allylic oxidation sites excluding steroid dienone is 1. The van der Waals surface area contributed by atoms with Gasteiger partial charge < -0.3 is 4.74 Å². The average molecular weight is 468 g/mol. The minimum Gasteiger partial charge on any atom is -0.424 e. The molecule has 1 atom stereocenters. The number of rotatable bonds is 7. The molecule has 1 aliphatic heterocycles.